The highest BCUT2D eigenvalue weighted by molar-refractivity contribution is 6.09. The molecule has 0 heterocycles. The SMILES string of the molecule is CCCNC(=O)C(C)(C)C(=O)Nc1ccc(OC)c(OC)c1. The molecule has 0 aliphatic carbocycles. The fourth-order valence-corrected chi connectivity index (χ4v) is 1.76. The molecular weight excluding hydrogens is 284 g/mol. The number of anilines is 1. The molecule has 0 radical (unpaired) electrons. The first-order valence-corrected chi connectivity index (χ1v) is 7.18. The Labute approximate surface area is 131 Å². The summed E-state index contributed by atoms with van der Waals surface area (Å²) in [5, 5.41) is 5.47. The number of hydrogen-bond acceptors (Lipinski definition) is 4. The van der Waals surface area contributed by atoms with Crippen molar-refractivity contribution in [3.05, 3.63) is 18.2 Å². The molecule has 0 aromatic heterocycles. The topological polar surface area (TPSA) is 76.7 Å². The van der Waals surface area contributed by atoms with Gasteiger partial charge in [-0.1, -0.05) is 6.92 Å². The molecule has 0 unspecified atom stereocenters. The molecule has 0 saturated heterocycles. The quantitative estimate of drug-likeness (QED) is 0.757. The van der Waals surface area contributed by atoms with Crippen molar-refractivity contribution in [1.82, 2.24) is 5.32 Å². The molecule has 0 spiro atoms. The number of amides is 2. The van der Waals surface area contributed by atoms with Gasteiger partial charge in [-0.15, -0.1) is 0 Å². The lowest BCUT2D eigenvalue weighted by molar-refractivity contribution is -0.138. The fraction of sp³-hybridized carbons (Fsp3) is 0.500. The van der Waals surface area contributed by atoms with E-state index in [9.17, 15) is 9.59 Å². The first kappa shape index (κ1) is 17.8. The molecular formula is C16H24N2O4. The highest BCUT2D eigenvalue weighted by Crippen LogP contribution is 2.30. The predicted octanol–water partition coefficient (Wildman–Crippen LogP) is 2.19. The maximum atomic E-state index is 12.3. The van der Waals surface area contributed by atoms with Crippen LogP contribution in [0.1, 0.15) is 27.2 Å². The largest absolute Gasteiger partial charge is 0.493 e. The standard InChI is InChI=1S/C16H24N2O4/c1-6-9-17-14(19)16(2,3)15(20)18-11-7-8-12(21-4)13(10-11)22-5/h7-8,10H,6,9H2,1-5H3,(H,17,19)(H,18,20). The number of carbonyl (C=O) groups is 2. The first-order chi connectivity index (χ1) is 10.4. The number of methoxy groups -OCH3 is 2. The summed E-state index contributed by atoms with van der Waals surface area (Å²) in [5.41, 5.74) is -0.624. The molecule has 0 saturated carbocycles. The summed E-state index contributed by atoms with van der Waals surface area (Å²) in [5.74, 6) is 0.398. The molecule has 2 amide bonds. The first-order valence-electron chi connectivity index (χ1n) is 7.18. The minimum Gasteiger partial charge on any atom is -0.493 e. The van der Waals surface area contributed by atoms with Crippen LogP contribution in [0, 0.1) is 5.41 Å². The van der Waals surface area contributed by atoms with Gasteiger partial charge in [-0.25, -0.2) is 0 Å². The van der Waals surface area contributed by atoms with E-state index in [1.165, 1.54) is 14.2 Å². The van der Waals surface area contributed by atoms with Crippen molar-refractivity contribution in [1.29, 1.82) is 0 Å². The second-order valence-electron chi connectivity index (χ2n) is 5.40. The van der Waals surface area contributed by atoms with Gasteiger partial charge in [0.1, 0.15) is 5.41 Å². The van der Waals surface area contributed by atoms with Crippen LogP contribution in [0.2, 0.25) is 0 Å². The van der Waals surface area contributed by atoms with Gasteiger partial charge < -0.3 is 20.1 Å². The minimum absolute atomic E-state index is 0.299. The molecule has 0 bridgehead atoms. The highest BCUT2D eigenvalue weighted by Gasteiger charge is 2.35. The van der Waals surface area contributed by atoms with Gasteiger partial charge in [0.25, 0.3) is 0 Å². The normalized spacial score (nSPS) is 10.8. The Morgan fingerprint density at radius 3 is 2.27 bits per heavy atom. The maximum Gasteiger partial charge on any atom is 0.239 e. The molecule has 2 N–H and O–H groups in total. The van der Waals surface area contributed by atoms with Crippen LogP contribution in [0.5, 0.6) is 11.5 Å². The summed E-state index contributed by atoms with van der Waals surface area (Å²) in [7, 11) is 3.06. The van der Waals surface area contributed by atoms with E-state index in [2.05, 4.69) is 10.6 Å². The Bertz CT molecular complexity index is 541. The Morgan fingerprint density at radius 2 is 1.73 bits per heavy atom. The van der Waals surface area contributed by atoms with Crippen LogP contribution in [0.25, 0.3) is 0 Å². The van der Waals surface area contributed by atoms with Crippen molar-refractivity contribution in [2.75, 3.05) is 26.1 Å². The van der Waals surface area contributed by atoms with Crippen molar-refractivity contribution in [3.63, 3.8) is 0 Å². The van der Waals surface area contributed by atoms with Crippen molar-refractivity contribution in [2.45, 2.75) is 27.2 Å². The molecule has 6 nitrogen and oxygen atoms in total. The minimum atomic E-state index is -1.16. The lowest BCUT2D eigenvalue weighted by Crippen LogP contribution is -2.45. The van der Waals surface area contributed by atoms with Gasteiger partial charge in [0.2, 0.25) is 11.8 Å². The Hall–Kier alpha value is -2.24. The van der Waals surface area contributed by atoms with Gasteiger partial charge in [-0.3, -0.25) is 9.59 Å². The third-order valence-corrected chi connectivity index (χ3v) is 3.31. The number of nitrogens with one attached hydrogen (secondary N) is 2. The predicted molar refractivity (Wildman–Crippen MR) is 85.3 cm³/mol. The number of hydrogen-bond donors (Lipinski definition) is 2. The zero-order valence-corrected chi connectivity index (χ0v) is 13.8. The van der Waals surface area contributed by atoms with E-state index < -0.39 is 5.41 Å². The van der Waals surface area contributed by atoms with E-state index in [4.69, 9.17) is 9.47 Å². The van der Waals surface area contributed by atoms with E-state index >= 15 is 0 Å². The molecule has 122 valence electrons. The van der Waals surface area contributed by atoms with Gasteiger partial charge in [-0.2, -0.15) is 0 Å². The van der Waals surface area contributed by atoms with Crippen LogP contribution in [-0.2, 0) is 9.59 Å². The van der Waals surface area contributed by atoms with E-state index in [1.54, 1.807) is 32.0 Å². The van der Waals surface area contributed by atoms with Gasteiger partial charge in [0, 0.05) is 18.3 Å². The molecule has 0 atom stereocenters. The second kappa shape index (κ2) is 7.68. The van der Waals surface area contributed by atoms with Gasteiger partial charge in [-0.05, 0) is 32.4 Å². The van der Waals surface area contributed by atoms with Crippen LogP contribution >= 0.6 is 0 Å². The smallest absolute Gasteiger partial charge is 0.239 e. The van der Waals surface area contributed by atoms with Gasteiger partial charge in [0.15, 0.2) is 11.5 Å². The second-order valence-corrected chi connectivity index (χ2v) is 5.40. The Kier molecular flexibility index (Phi) is 6.22. The van der Waals surface area contributed by atoms with Crippen molar-refractivity contribution >= 4 is 17.5 Å². The van der Waals surface area contributed by atoms with Crippen molar-refractivity contribution < 1.29 is 19.1 Å². The zero-order chi connectivity index (χ0) is 16.8. The van der Waals surface area contributed by atoms with Crippen molar-refractivity contribution in [2.24, 2.45) is 5.41 Å². The van der Waals surface area contributed by atoms with E-state index in [0.717, 1.165) is 6.42 Å². The molecule has 0 aliphatic rings. The lowest BCUT2D eigenvalue weighted by Gasteiger charge is -2.22. The summed E-state index contributed by atoms with van der Waals surface area (Å²) in [6.45, 7) is 5.69. The van der Waals surface area contributed by atoms with Crippen LogP contribution in [0.4, 0.5) is 5.69 Å². The van der Waals surface area contributed by atoms with Crippen molar-refractivity contribution in [3.8, 4) is 11.5 Å². The Balaban J connectivity index is 2.85. The van der Waals surface area contributed by atoms with Gasteiger partial charge >= 0.3 is 0 Å². The van der Waals surface area contributed by atoms with E-state index in [0.29, 0.717) is 23.7 Å². The average Bonchev–Trinajstić information content (AvgIpc) is 2.51. The van der Waals surface area contributed by atoms with Crippen LogP contribution in [0.3, 0.4) is 0 Å². The number of ether oxygens (including phenoxy) is 2. The van der Waals surface area contributed by atoms with Crippen LogP contribution < -0.4 is 20.1 Å². The van der Waals surface area contributed by atoms with Gasteiger partial charge in [0.05, 0.1) is 14.2 Å². The molecule has 22 heavy (non-hydrogen) atoms. The summed E-state index contributed by atoms with van der Waals surface area (Å²) in [6, 6.07) is 5.04. The number of carbonyl (C=O) groups excluding carboxylic acids is 2. The van der Waals surface area contributed by atoms with E-state index in [-0.39, 0.29) is 11.8 Å². The highest BCUT2D eigenvalue weighted by atomic mass is 16.5. The molecule has 0 aliphatic heterocycles. The summed E-state index contributed by atoms with van der Waals surface area (Å²) in [6.07, 6.45) is 0.819. The number of rotatable bonds is 7. The third-order valence-electron chi connectivity index (χ3n) is 3.31. The third kappa shape index (κ3) is 4.13. The van der Waals surface area contributed by atoms with Crippen LogP contribution in [-0.4, -0.2) is 32.6 Å². The van der Waals surface area contributed by atoms with E-state index in [1.807, 2.05) is 6.92 Å². The fourth-order valence-electron chi connectivity index (χ4n) is 1.76. The monoisotopic (exact) mass is 308 g/mol. The summed E-state index contributed by atoms with van der Waals surface area (Å²) < 4.78 is 10.3. The molecule has 6 heteroatoms. The summed E-state index contributed by atoms with van der Waals surface area (Å²) >= 11 is 0. The average molecular weight is 308 g/mol. The Morgan fingerprint density at radius 1 is 1.09 bits per heavy atom. The summed E-state index contributed by atoms with van der Waals surface area (Å²) in [4.78, 5) is 24.4. The molecule has 1 rings (SSSR count). The lowest BCUT2D eigenvalue weighted by atomic mass is 9.91. The molecule has 0 fully saturated rings. The molecule has 1 aromatic carbocycles. The molecule has 1 aromatic rings. The number of benzene rings is 1. The zero-order valence-electron chi connectivity index (χ0n) is 13.8. The maximum absolute atomic E-state index is 12.3. The van der Waals surface area contributed by atoms with Crippen LogP contribution in [0.15, 0.2) is 18.2 Å².